The molecule has 1 aliphatic carbocycles. The van der Waals surface area contributed by atoms with Crippen molar-refractivity contribution in [2.75, 3.05) is 54.9 Å². The molecule has 3 fully saturated rings. The number of rotatable bonds is 4. The number of carbonyl (C=O) groups excluding carboxylic acids is 1. The maximum atomic E-state index is 13.5. The summed E-state index contributed by atoms with van der Waals surface area (Å²) in [5, 5.41) is 6.81. The molecule has 180 valence electrons. The van der Waals surface area contributed by atoms with Crippen LogP contribution in [0.2, 0.25) is 0 Å². The number of fused-ring (bicyclic) bond motifs is 1. The molecule has 1 spiro atoms. The Kier molecular flexibility index (Phi) is 5.56. The standard InChI is InChI=1S/C26H35N7O/c1-31-14-4-11-26(24(31)34)17-19-18-28-25(30-23(19)33(26)22-5-2-3-6-22)29-20-7-9-21(10-8-20)32-15-12-27-13-16-32/h7-10,18,22,27H,2-6,11-17H2,1H3,(H,28,29,30). The number of benzene rings is 1. The average molecular weight is 462 g/mol. The zero-order valence-corrected chi connectivity index (χ0v) is 20.1. The summed E-state index contributed by atoms with van der Waals surface area (Å²) in [6.45, 7) is 4.97. The van der Waals surface area contributed by atoms with Crippen molar-refractivity contribution in [2.45, 2.75) is 56.5 Å². The lowest BCUT2D eigenvalue weighted by Crippen LogP contribution is -2.63. The van der Waals surface area contributed by atoms with E-state index >= 15 is 0 Å². The Bertz CT molecular complexity index is 1050. The molecule has 4 aliphatic rings. The highest BCUT2D eigenvalue weighted by Gasteiger charge is 2.55. The van der Waals surface area contributed by atoms with Gasteiger partial charge < -0.3 is 25.3 Å². The summed E-state index contributed by atoms with van der Waals surface area (Å²) in [5.74, 6) is 1.82. The van der Waals surface area contributed by atoms with Crippen molar-refractivity contribution in [3.05, 3.63) is 36.0 Å². The number of piperidine rings is 1. The van der Waals surface area contributed by atoms with Crippen LogP contribution in [0.5, 0.6) is 0 Å². The lowest BCUT2D eigenvalue weighted by molar-refractivity contribution is -0.138. The zero-order chi connectivity index (χ0) is 23.1. The zero-order valence-electron chi connectivity index (χ0n) is 20.1. The van der Waals surface area contributed by atoms with Gasteiger partial charge >= 0.3 is 0 Å². The van der Waals surface area contributed by atoms with Gasteiger partial charge in [-0.3, -0.25) is 4.79 Å². The molecule has 1 aromatic carbocycles. The molecule has 1 amide bonds. The van der Waals surface area contributed by atoms with Gasteiger partial charge in [0.2, 0.25) is 11.9 Å². The Morgan fingerprint density at radius 2 is 1.82 bits per heavy atom. The first-order chi connectivity index (χ1) is 16.6. The largest absolute Gasteiger partial charge is 0.369 e. The molecule has 6 rings (SSSR count). The Morgan fingerprint density at radius 3 is 2.59 bits per heavy atom. The quantitative estimate of drug-likeness (QED) is 0.725. The molecule has 1 aromatic heterocycles. The van der Waals surface area contributed by atoms with Crippen LogP contribution in [-0.4, -0.2) is 72.1 Å². The Morgan fingerprint density at radius 1 is 1.06 bits per heavy atom. The summed E-state index contributed by atoms with van der Waals surface area (Å²) >= 11 is 0. The second-order valence-electron chi connectivity index (χ2n) is 10.3. The molecule has 0 radical (unpaired) electrons. The first-order valence-corrected chi connectivity index (χ1v) is 12.9. The average Bonchev–Trinajstić information content (AvgIpc) is 3.49. The normalized spacial score (nSPS) is 25.3. The van der Waals surface area contributed by atoms with E-state index in [2.05, 4.69) is 49.7 Å². The molecular weight excluding hydrogens is 426 g/mol. The number of hydrogen-bond donors (Lipinski definition) is 2. The van der Waals surface area contributed by atoms with Gasteiger partial charge in [0.15, 0.2) is 0 Å². The lowest BCUT2D eigenvalue weighted by atomic mass is 9.83. The van der Waals surface area contributed by atoms with E-state index in [1.54, 1.807) is 0 Å². The molecule has 1 atom stereocenters. The fraction of sp³-hybridized carbons (Fsp3) is 0.577. The van der Waals surface area contributed by atoms with E-state index in [-0.39, 0.29) is 5.91 Å². The molecule has 2 N–H and O–H groups in total. The SMILES string of the molecule is CN1CCCC2(Cc3cnc(Nc4ccc(N5CCNCC5)cc4)nc3N2C2CCCC2)C1=O. The van der Waals surface area contributed by atoms with Crippen molar-refractivity contribution >= 4 is 29.0 Å². The van der Waals surface area contributed by atoms with E-state index in [0.717, 1.165) is 81.9 Å². The highest BCUT2D eigenvalue weighted by Crippen LogP contribution is 2.47. The predicted molar refractivity (Wildman–Crippen MR) is 135 cm³/mol. The van der Waals surface area contributed by atoms with Gasteiger partial charge in [-0.15, -0.1) is 0 Å². The van der Waals surface area contributed by atoms with Gasteiger partial charge in [0.05, 0.1) is 0 Å². The van der Waals surface area contributed by atoms with Crippen molar-refractivity contribution in [3.8, 4) is 0 Å². The number of likely N-dealkylation sites (tertiary alicyclic amines) is 1. The van der Waals surface area contributed by atoms with Crippen LogP contribution in [0, 0.1) is 0 Å². The molecule has 4 heterocycles. The first-order valence-electron chi connectivity index (χ1n) is 12.9. The second-order valence-corrected chi connectivity index (χ2v) is 10.3. The summed E-state index contributed by atoms with van der Waals surface area (Å²) in [6.07, 6.45) is 9.34. The number of anilines is 4. The molecule has 8 heteroatoms. The van der Waals surface area contributed by atoms with Crippen molar-refractivity contribution in [3.63, 3.8) is 0 Å². The Labute approximate surface area is 201 Å². The minimum Gasteiger partial charge on any atom is -0.369 e. The highest BCUT2D eigenvalue weighted by atomic mass is 16.2. The van der Waals surface area contributed by atoms with E-state index < -0.39 is 5.54 Å². The number of carbonyl (C=O) groups is 1. The fourth-order valence-corrected chi connectivity index (χ4v) is 6.45. The maximum absolute atomic E-state index is 13.5. The third kappa shape index (κ3) is 3.68. The van der Waals surface area contributed by atoms with Crippen molar-refractivity contribution in [1.82, 2.24) is 20.2 Å². The van der Waals surface area contributed by atoms with Crippen LogP contribution >= 0.6 is 0 Å². The minimum absolute atomic E-state index is 0.252. The van der Waals surface area contributed by atoms with Crippen molar-refractivity contribution in [1.29, 1.82) is 0 Å². The molecule has 34 heavy (non-hydrogen) atoms. The van der Waals surface area contributed by atoms with Gasteiger partial charge in [0.1, 0.15) is 11.4 Å². The molecule has 2 aromatic rings. The molecule has 8 nitrogen and oxygen atoms in total. The van der Waals surface area contributed by atoms with E-state index in [9.17, 15) is 4.79 Å². The lowest BCUT2D eigenvalue weighted by Gasteiger charge is -2.46. The highest BCUT2D eigenvalue weighted by molar-refractivity contribution is 5.93. The first kappa shape index (κ1) is 21.6. The third-order valence-electron chi connectivity index (χ3n) is 8.14. The fourth-order valence-electron chi connectivity index (χ4n) is 6.45. The molecule has 1 unspecified atom stereocenters. The van der Waals surface area contributed by atoms with Crippen LogP contribution in [0.25, 0.3) is 0 Å². The maximum Gasteiger partial charge on any atom is 0.248 e. The predicted octanol–water partition coefficient (Wildman–Crippen LogP) is 2.93. The summed E-state index contributed by atoms with van der Waals surface area (Å²) < 4.78 is 0. The summed E-state index contributed by atoms with van der Waals surface area (Å²) in [5.41, 5.74) is 2.85. The molecule has 1 saturated carbocycles. The van der Waals surface area contributed by atoms with Crippen molar-refractivity contribution < 1.29 is 4.79 Å². The summed E-state index contributed by atoms with van der Waals surface area (Å²) in [7, 11) is 1.95. The smallest absolute Gasteiger partial charge is 0.248 e. The molecule has 2 saturated heterocycles. The molecule has 0 bridgehead atoms. The van der Waals surface area contributed by atoms with Gasteiger partial charge in [0.25, 0.3) is 0 Å². The van der Waals surface area contributed by atoms with Crippen LogP contribution in [0.1, 0.15) is 44.1 Å². The van der Waals surface area contributed by atoms with Gasteiger partial charge in [-0.2, -0.15) is 4.98 Å². The van der Waals surface area contributed by atoms with Crippen LogP contribution in [-0.2, 0) is 11.2 Å². The number of amides is 1. The Balaban J connectivity index is 1.27. The number of nitrogens with one attached hydrogen (secondary N) is 2. The summed E-state index contributed by atoms with van der Waals surface area (Å²) in [6, 6.07) is 8.92. The topological polar surface area (TPSA) is 76.6 Å². The number of aromatic nitrogens is 2. The number of piperazine rings is 1. The van der Waals surface area contributed by atoms with E-state index in [1.165, 1.54) is 18.5 Å². The van der Waals surface area contributed by atoms with Crippen molar-refractivity contribution in [2.24, 2.45) is 0 Å². The van der Waals surface area contributed by atoms with E-state index in [1.807, 2.05) is 18.1 Å². The van der Waals surface area contributed by atoms with Gasteiger partial charge in [0, 0.05) is 75.4 Å². The van der Waals surface area contributed by atoms with Crippen LogP contribution in [0.3, 0.4) is 0 Å². The second kappa shape index (κ2) is 8.73. The molecule has 3 aliphatic heterocycles. The van der Waals surface area contributed by atoms with Crippen LogP contribution in [0.15, 0.2) is 30.5 Å². The number of hydrogen-bond acceptors (Lipinski definition) is 7. The number of nitrogens with zero attached hydrogens (tertiary/aromatic N) is 5. The minimum atomic E-state index is -0.484. The molecular formula is C26H35N7O. The van der Waals surface area contributed by atoms with E-state index in [0.29, 0.717) is 12.0 Å². The van der Waals surface area contributed by atoms with Gasteiger partial charge in [-0.25, -0.2) is 4.98 Å². The third-order valence-corrected chi connectivity index (χ3v) is 8.14. The van der Waals surface area contributed by atoms with Gasteiger partial charge in [-0.05, 0) is 49.9 Å². The van der Waals surface area contributed by atoms with E-state index in [4.69, 9.17) is 4.98 Å². The monoisotopic (exact) mass is 461 g/mol. The Hall–Kier alpha value is -2.87. The summed E-state index contributed by atoms with van der Waals surface area (Å²) in [4.78, 5) is 29.9. The number of likely N-dealkylation sites (N-methyl/N-ethyl adjacent to an activating group) is 1. The van der Waals surface area contributed by atoms with Crippen LogP contribution in [0.4, 0.5) is 23.1 Å². The van der Waals surface area contributed by atoms with Gasteiger partial charge in [-0.1, -0.05) is 12.8 Å². The van der Waals surface area contributed by atoms with Crippen LogP contribution < -0.4 is 20.4 Å².